The van der Waals surface area contributed by atoms with Crippen LogP contribution in [0.15, 0.2) is 24.3 Å². The number of halogens is 1. The third-order valence-electron chi connectivity index (χ3n) is 5.07. The molecule has 1 aromatic heterocycles. The van der Waals surface area contributed by atoms with Crippen LogP contribution in [0.5, 0.6) is 5.75 Å². The number of carbonyl (C=O) groups is 1. The second kappa shape index (κ2) is 10.3. The van der Waals surface area contributed by atoms with E-state index in [0.29, 0.717) is 49.6 Å². The van der Waals surface area contributed by atoms with E-state index in [1.54, 1.807) is 12.0 Å². The van der Waals surface area contributed by atoms with Crippen LogP contribution in [0.1, 0.15) is 25.1 Å². The van der Waals surface area contributed by atoms with E-state index in [1.165, 1.54) is 0 Å². The molecule has 0 unspecified atom stereocenters. The monoisotopic (exact) mass is 434 g/mol. The average Bonchev–Trinajstić information content (AvgIpc) is 3.05. The van der Waals surface area contributed by atoms with Crippen LogP contribution in [0.2, 0.25) is 5.02 Å². The lowest BCUT2D eigenvalue weighted by Crippen LogP contribution is -2.51. The Morgan fingerprint density at radius 1 is 1.23 bits per heavy atom. The first-order valence-electron chi connectivity index (χ1n) is 10.3. The van der Waals surface area contributed by atoms with E-state index in [4.69, 9.17) is 26.2 Å². The van der Waals surface area contributed by atoms with E-state index in [-0.39, 0.29) is 5.91 Å². The zero-order valence-corrected chi connectivity index (χ0v) is 19.0. The first-order chi connectivity index (χ1) is 14.4. The van der Waals surface area contributed by atoms with Crippen molar-refractivity contribution >= 4 is 23.3 Å². The Bertz CT molecular complexity index is 868. The number of amides is 1. The lowest BCUT2D eigenvalue weighted by atomic mass is 10.2. The molecule has 3 rings (SSSR count). The third-order valence-corrected chi connectivity index (χ3v) is 5.31. The summed E-state index contributed by atoms with van der Waals surface area (Å²) < 4.78 is 13.0. The van der Waals surface area contributed by atoms with E-state index < -0.39 is 0 Å². The number of hydrogen-bond donors (Lipinski definition) is 0. The molecule has 8 heteroatoms. The van der Waals surface area contributed by atoms with Crippen LogP contribution < -0.4 is 9.64 Å². The second-order valence-electron chi connectivity index (χ2n) is 8.07. The van der Waals surface area contributed by atoms with Crippen molar-refractivity contribution in [1.82, 2.24) is 14.7 Å². The van der Waals surface area contributed by atoms with E-state index >= 15 is 0 Å². The molecule has 1 aromatic carbocycles. The van der Waals surface area contributed by atoms with Crippen LogP contribution in [0.4, 0.5) is 5.82 Å². The number of hydrogen-bond acceptors (Lipinski definition) is 5. The van der Waals surface area contributed by atoms with Gasteiger partial charge in [0.25, 0.3) is 0 Å². The summed E-state index contributed by atoms with van der Waals surface area (Å²) in [4.78, 5) is 16.5. The van der Waals surface area contributed by atoms with Gasteiger partial charge in [-0.2, -0.15) is 5.10 Å². The summed E-state index contributed by atoms with van der Waals surface area (Å²) in [5.41, 5.74) is 1.95. The largest absolute Gasteiger partial charge is 0.493 e. The zero-order chi connectivity index (χ0) is 21.7. The molecule has 0 atom stereocenters. The molecule has 0 radical (unpaired) electrons. The maximum atomic E-state index is 12.7. The SMILES string of the molecule is COCCN1CCN(c2cc(C)n(Cc3cc(Cl)ccc3OCC(C)C)n2)C(=O)C1. The molecule has 0 saturated carbocycles. The Kier molecular flexibility index (Phi) is 7.75. The summed E-state index contributed by atoms with van der Waals surface area (Å²) >= 11 is 6.23. The van der Waals surface area contributed by atoms with Gasteiger partial charge in [0.2, 0.25) is 5.91 Å². The van der Waals surface area contributed by atoms with Crippen LogP contribution in [0.3, 0.4) is 0 Å². The molecule has 1 amide bonds. The summed E-state index contributed by atoms with van der Waals surface area (Å²) in [5, 5.41) is 5.37. The molecule has 0 aliphatic carbocycles. The van der Waals surface area contributed by atoms with Gasteiger partial charge in [-0.25, -0.2) is 0 Å². The summed E-state index contributed by atoms with van der Waals surface area (Å²) in [7, 11) is 1.67. The fourth-order valence-electron chi connectivity index (χ4n) is 3.39. The van der Waals surface area contributed by atoms with E-state index in [0.717, 1.165) is 30.1 Å². The smallest absolute Gasteiger partial charge is 0.242 e. The Balaban J connectivity index is 1.73. The summed E-state index contributed by atoms with van der Waals surface area (Å²) in [6.45, 7) is 10.6. The highest BCUT2D eigenvalue weighted by Gasteiger charge is 2.27. The van der Waals surface area contributed by atoms with Gasteiger partial charge in [-0.1, -0.05) is 25.4 Å². The average molecular weight is 435 g/mol. The highest BCUT2D eigenvalue weighted by molar-refractivity contribution is 6.30. The Hall–Kier alpha value is -2.09. The first kappa shape index (κ1) is 22.6. The van der Waals surface area contributed by atoms with Gasteiger partial charge in [0.1, 0.15) is 5.75 Å². The number of rotatable bonds is 9. The molecule has 1 aliphatic heterocycles. The van der Waals surface area contributed by atoms with Gasteiger partial charge in [0.05, 0.1) is 26.3 Å². The highest BCUT2D eigenvalue weighted by atomic mass is 35.5. The van der Waals surface area contributed by atoms with Crippen molar-refractivity contribution in [2.45, 2.75) is 27.3 Å². The number of methoxy groups -OCH3 is 1. The zero-order valence-electron chi connectivity index (χ0n) is 18.2. The van der Waals surface area contributed by atoms with Crippen LogP contribution in [-0.4, -0.2) is 67.1 Å². The van der Waals surface area contributed by atoms with E-state index in [2.05, 4.69) is 18.7 Å². The molecule has 1 saturated heterocycles. The van der Waals surface area contributed by atoms with Crippen LogP contribution >= 0.6 is 11.6 Å². The predicted molar refractivity (Wildman–Crippen MR) is 119 cm³/mol. The van der Waals surface area contributed by atoms with Gasteiger partial charge in [0, 0.05) is 49.1 Å². The second-order valence-corrected chi connectivity index (χ2v) is 8.51. The van der Waals surface area contributed by atoms with Gasteiger partial charge in [-0.3, -0.25) is 19.3 Å². The Labute approximate surface area is 183 Å². The molecule has 7 nitrogen and oxygen atoms in total. The van der Waals surface area contributed by atoms with Crippen molar-refractivity contribution in [3.63, 3.8) is 0 Å². The van der Waals surface area contributed by atoms with Gasteiger partial charge < -0.3 is 9.47 Å². The molecule has 0 bridgehead atoms. The number of ether oxygens (including phenoxy) is 2. The molecule has 1 fully saturated rings. The minimum atomic E-state index is 0.0608. The van der Waals surface area contributed by atoms with Crippen molar-refractivity contribution in [3.8, 4) is 5.75 Å². The van der Waals surface area contributed by atoms with Gasteiger partial charge in [0.15, 0.2) is 5.82 Å². The number of nitrogens with zero attached hydrogens (tertiary/aromatic N) is 4. The quantitative estimate of drug-likeness (QED) is 0.606. The number of aryl methyl sites for hydroxylation is 1. The fraction of sp³-hybridized carbons (Fsp3) is 0.545. The van der Waals surface area contributed by atoms with Crippen molar-refractivity contribution < 1.29 is 14.3 Å². The molecule has 0 N–H and O–H groups in total. The minimum absolute atomic E-state index is 0.0608. The lowest BCUT2D eigenvalue weighted by molar-refractivity contribution is -0.121. The molecule has 164 valence electrons. The van der Waals surface area contributed by atoms with Crippen molar-refractivity contribution in [2.24, 2.45) is 5.92 Å². The standard InChI is InChI=1S/C22H31ClN4O3/c1-16(2)15-30-20-6-5-19(23)12-18(20)13-27-17(3)11-21(24-27)26-8-7-25(9-10-29-4)14-22(26)28/h5-6,11-12,16H,7-10,13-15H2,1-4H3. The maximum Gasteiger partial charge on any atom is 0.242 e. The third kappa shape index (κ3) is 5.74. The predicted octanol–water partition coefficient (Wildman–Crippen LogP) is 3.22. The number of aromatic nitrogens is 2. The first-order valence-corrected chi connectivity index (χ1v) is 10.7. The van der Waals surface area contributed by atoms with E-state index in [9.17, 15) is 4.79 Å². The molecule has 0 spiro atoms. The van der Waals surface area contributed by atoms with E-state index in [1.807, 2.05) is 35.9 Å². The topological polar surface area (TPSA) is 59.8 Å². The van der Waals surface area contributed by atoms with Crippen LogP contribution in [0.25, 0.3) is 0 Å². The molecule has 2 heterocycles. The van der Waals surface area contributed by atoms with Crippen LogP contribution in [0, 0.1) is 12.8 Å². The number of benzene rings is 1. The maximum absolute atomic E-state index is 12.7. The number of carbonyl (C=O) groups excluding carboxylic acids is 1. The van der Waals surface area contributed by atoms with Gasteiger partial charge >= 0.3 is 0 Å². The summed E-state index contributed by atoms with van der Waals surface area (Å²) in [6.07, 6.45) is 0. The van der Waals surface area contributed by atoms with Crippen molar-refractivity contribution in [2.75, 3.05) is 51.4 Å². The normalized spacial score (nSPS) is 15.3. The van der Waals surface area contributed by atoms with Crippen LogP contribution in [-0.2, 0) is 16.1 Å². The number of piperazine rings is 1. The van der Waals surface area contributed by atoms with Crippen molar-refractivity contribution in [1.29, 1.82) is 0 Å². The fourth-order valence-corrected chi connectivity index (χ4v) is 3.58. The molecule has 2 aromatic rings. The summed E-state index contributed by atoms with van der Waals surface area (Å²) in [6, 6.07) is 7.62. The molecule has 1 aliphatic rings. The van der Waals surface area contributed by atoms with Crippen molar-refractivity contribution in [3.05, 3.63) is 40.5 Å². The highest BCUT2D eigenvalue weighted by Crippen LogP contribution is 2.26. The Morgan fingerprint density at radius 3 is 2.73 bits per heavy atom. The molecular formula is C22H31ClN4O3. The number of anilines is 1. The van der Waals surface area contributed by atoms with Gasteiger partial charge in [-0.05, 0) is 31.0 Å². The molecule has 30 heavy (non-hydrogen) atoms. The van der Waals surface area contributed by atoms with Gasteiger partial charge in [-0.15, -0.1) is 0 Å². The summed E-state index contributed by atoms with van der Waals surface area (Å²) in [5.74, 6) is 1.99. The Morgan fingerprint density at radius 2 is 2.03 bits per heavy atom. The minimum Gasteiger partial charge on any atom is -0.493 e. The lowest BCUT2D eigenvalue weighted by Gasteiger charge is -2.32. The molecular weight excluding hydrogens is 404 g/mol.